The molecule has 1 N–H and O–H groups in total. The summed E-state index contributed by atoms with van der Waals surface area (Å²) in [5, 5.41) is 3.36. The molecule has 3 aromatic carbocycles. The molecule has 148 valence electrons. The molecule has 0 saturated carbocycles. The summed E-state index contributed by atoms with van der Waals surface area (Å²) in [6.45, 7) is 3.96. The number of halogens is 2. The van der Waals surface area contributed by atoms with Crippen LogP contribution in [0.5, 0.6) is 0 Å². The summed E-state index contributed by atoms with van der Waals surface area (Å²) in [4.78, 5) is 15.0. The van der Waals surface area contributed by atoms with Gasteiger partial charge in [-0.3, -0.25) is 4.79 Å². The van der Waals surface area contributed by atoms with Gasteiger partial charge in [0, 0.05) is 28.5 Å². The highest BCUT2D eigenvalue weighted by Crippen LogP contribution is 2.40. The zero-order valence-electron chi connectivity index (χ0n) is 16.3. The van der Waals surface area contributed by atoms with Gasteiger partial charge in [-0.05, 0) is 74.9 Å². The molecule has 1 aliphatic rings. The summed E-state index contributed by atoms with van der Waals surface area (Å²) in [7, 11) is 0. The molecule has 0 fully saturated rings. The van der Waals surface area contributed by atoms with E-state index < -0.39 is 0 Å². The Labute approximate surface area is 169 Å². The average Bonchev–Trinajstić information content (AvgIpc) is 2.70. The number of nitrogens with zero attached hydrogens (tertiary/aromatic N) is 1. The van der Waals surface area contributed by atoms with E-state index >= 15 is 0 Å². The van der Waals surface area contributed by atoms with Gasteiger partial charge >= 0.3 is 0 Å². The monoisotopic (exact) mass is 392 g/mol. The second-order valence-corrected chi connectivity index (χ2v) is 7.53. The van der Waals surface area contributed by atoms with E-state index in [0.29, 0.717) is 23.2 Å². The van der Waals surface area contributed by atoms with E-state index in [1.165, 1.54) is 24.3 Å². The van der Waals surface area contributed by atoms with Crippen LogP contribution in [-0.2, 0) is 0 Å². The largest absolute Gasteiger partial charge is 0.378 e. The van der Waals surface area contributed by atoms with Crippen LogP contribution in [0.3, 0.4) is 0 Å². The molecule has 0 radical (unpaired) electrons. The SMILES string of the molecule is Cc1ccc(C(=O)N2c3ccc(F)cc3[C@@H](Nc3ccc(F)cc3)C[C@H]2C)cc1. The maximum Gasteiger partial charge on any atom is 0.258 e. The van der Waals surface area contributed by atoms with Gasteiger partial charge in [0.05, 0.1) is 6.04 Å². The van der Waals surface area contributed by atoms with E-state index in [-0.39, 0.29) is 29.6 Å². The summed E-state index contributed by atoms with van der Waals surface area (Å²) in [6.07, 6.45) is 0.603. The van der Waals surface area contributed by atoms with Gasteiger partial charge in [-0.15, -0.1) is 0 Å². The molecule has 0 saturated heterocycles. The van der Waals surface area contributed by atoms with Crippen LogP contribution in [0.4, 0.5) is 20.2 Å². The predicted octanol–water partition coefficient (Wildman–Crippen LogP) is 5.87. The Morgan fingerprint density at radius 1 is 0.966 bits per heavy atom. The van der Waals surface area contributed by atoms with Crippen molar-refractivity contribution in [2.75, 3.05) is 10.2 Å². The number of hydrogen-bond donors (Lipinski definition) is 1. The zero-order chi connectivity index (χ0) is 20.5. The normalized spacial score (nSPS) is 18.3. The molecule has 4 rings (SSSR count). The number of hydrogen-bond acceptors (Lipinski definition) is 2. The number of amides is 1. The molecule has 3 aromatic rings. The number of carbonyl (C=O) groups excluding carboxylic acids is 1. The summed E-state index contributed by atoms with van der Waals surface area (Å²) in [6, 6.07) is 17.7. The van der Waals surface area contributed by atoms with Crippen molar-refractivity contribution in [1.29, 1.82) is 0 Å². The fourth-order valence-corrected chi connectivity index (χ4v) is 3.86. The summed E-state index contributed by atoms with van der Waals surface area (Å²) in [5.41, 5.74) is 3.84. The van der Waals surface area contributed by atoms with Crippen molar-refractivity contribution in [3.05, 3.63) is 95.1 Å². The van der Waals surface area contributed by atoms with E-state index in [4.69, 9.17) is 0 Å². The van der Waals surface area contributed by atoms with Crippen molar-refractivity contribution >= 4 is 17.3 Å². The first-order chi connectivity index (χ1) is 13.9. The van der Waals surface area contributed by atoms with Crippen LogP contribution >= 0.6 is 0 Å². The lowest BCUT2D eigenvalue weighted by atomic mass is 9.90. The number of fused-ring (bicyclic) bond motifs is 1. The summed E-state index contributed by atoms with van der Waals surface area (Å²) >= 11 is 0. The van der Waals surface area contributed by atoms with Crippen LogP contribution in [0.25, 0.3) is 0 Å². The predicted molar refractivity (Wildman–Crippen MR) is 111 cm³/mol. The van der Waals surface area contributed by atoms with Gasteiger partial charge in [-0.1, -0.05) is 17.7 Å². The molecule has 0 unspecified atom stereocenters. The maximum absolute atomic E-state index is 14.1. The Morgan fingerprint density at radius 2 is 1.62 bits per heavy atom. The standard InChI is InChI=1S/C24H22F2N2O/c1-15-3-5-17(6-4-15)24(29)28-16(2)13-22(21-14-19(26)9-12-23(21)28)27-20-10-7-18(25)8-11-20/h3-12,14,16,22,27H,13H2,1-2H3/t16-,22+/m1/s1. The lowest BCUT2D eigenvalue weighted by Crippen LogP contribution is -2.44. The Morgan fingerprint density at radius 3 is 2.31 bits per heavy atom. The Balaban J connectivity index is 1.70. The topological polar surface area (TPSA) is 32.3 Å². The molecule has 2 atom stereocenters. The fraction of sp³-hybridized carbons (Fsp3) is 0.208. The van der Waals surface area contributed by atoms with Crippen molar-refractivity contribution in [3.63, 3.8) is 0 Å². The number of rotatable bonds is 3. The van der Waals surface area contributed by atoms with Crippen LogP contribution in [0.2, 0.25) is 0 Å². The lowest BCUT2D eigenvalue weighted by Gasteiger charge is -2.40. The quantitative estimate of drug-likeness (QED) is 0.605. The fourth-order valence-electron chi connectivity index (χ4n) is 3.86. The van der Waals surface area contributed by atoms with Gasteiger partial charge in [0.2, 0.25) is 0 Å². The number of nitrogens with one attached hydrogen (secondary N) is 1. The Kier molecular flexibility index (Phi) is 5.05. The Hall–Kier alpha value is -3.21. The average molecular weight is 392 g/mol. The van der Waals surface area contributed by atoms with E-state index in [1.54, 1.807) is 23.1 Å². The van der Waals surface area contributed by atoms with Crippen molar-refractivity contribution < 1.29 is 13.6 Å². The highest BCUT2D eigenvalue weighted by Gasteiger charge is 2.34. The molecular formula is C24H22F2N2O. The maximum atomic E-state index is 14.1. The second kappa shape index (κ2) is 7.66. The van der Waals surface area contributed by atoms with E-state index in [2.05, 4.69) is 5.32 Å². The van der Waals surface area contributed by atoms with Gasteiger partial charge in [-0.2, -0.15) is 0 Å². The first-order valence-electron chi connectivity index (χ1n) is 9.64. The second-order valence-electron chi connectivity index (χ2n) is 7.53. The molecule has 0 spiro atoms. The van der Waals surface area contributed by atoms with Crippen molar-refractivity contribution in [2.45, 2.75) is 32.4 Å². The third-order valence-corrected chi connectivity index (χ3v) is 5.34. The number of anilines is 2. The van der Waals surface area contributed by atoms with E-state index in [0.717, 1.165) is 11.3 Å². The third kappa shape index (κ3) is 3.86. The summed E-state index contributed by atoms with van der Waals surface area (Å²) in [5.74, 6) is -0.772. The highest BCUT2D eigenvalue weighted by atomic mass is 19.1. The van der Waals surface area contributed by atoms with Crippen LogP contribution < -0.4 is 10.2 Å². The summed E-state index contributed by atoms with van der Waals surface area (Å²) < 4.78 is 27.3. The molecular weight excluding hydrogens is 370 g/mol. The van der Waals surface area contributed by atoms with Gasteiger partial charge in [0.25, 0.3) is 5.91 Å². The molecule has 3 nitrogen and oxygen atoms in total. The van der Waals surface area contributed by atoms with Crippen molar-refractivity contribution in [2.24, 2.45) is 0 Å². The van der Waals surface area contributed by atoms with Crippen molar-refractivity contribution in [3.8, 4) is 0 Å². The lowest BCUT2D eigenvalue weighted by molar-refractivity contribution is 0.0974. The Bertz CT molecular complexity index is 1030. The molecule has 0 aliphatic carbocycles. The van der Waals surface area contributed by atoms with Crippen LogP contribution in [-0.4, -0.2) is 11.9 Å². The van der Waals surface area contributed by atoms with E-state index in [9.17, 15) is 13.6 Å². The molecule has 0 bridgehead atoms. The molecule has 5 heteroatoms. The van der Waals surface area contributed by atoms with Crippen LogP contribution in [0, 0.1) is 18.6 Å². The molecule has 1 aliphatic heterocycles. The van der Waals surface area contributed by atoms with Gasteiger partial charge in [0.15, 0.2) is 0 Å². The van der Waals surface area contributed by atoms with Crippen LogP contribution in [0.15, 0.2) is 66.7 Å². The third-order valence-electron chi connectivity index (χ3n) is 5.34. The van der Waals surface area contributed by atoms with Gasteiger partial charge in [-0.25, -0.2) is 8.78 Å². The number of aryl methyl sites for hydroxylation is 1. The van der Waals surface area contributed by atoms with E-state index in [1.807, 2.05) is 38.1 Å². The molecule has 1 amide bonds. The molecule has 29 heavy (non-hydrogen) atoms. The first-order valence-corrected chi connectivity index (χ1v) is 9.64. The van der Waals surface area contributed by atoms with Crippen LogP contribution in [0.1, 0.15) is 40.9 Å². The van der Waals surface area contributed by atoms with Gasteiger partial charge < -0.3 is 10.2 Å². The minimum absolute atomic E-state index is 0.0975. The number of benzene rings is 3. The first kappa shape index (κ1) is 19.1. The molecule has 1 heterocycles. The highest BCUT2D eigenvalue weighted by molar-refractivity contribution is 6.07. The van der Waals surface area contributed by atoms with Gasteiger partial charge in [0.1, 0.15) is 11.6 Å². The number of carbonyl (C=O) groups is 1. The smallest absolute Gasteiger partial charge is 0.258 e. The zero-order valence-corrected chi connectivity index (χ0v) is 16.3. The van der Waals surface area contributed by atoms with Crippen molar-refractivity contribution in [1.82, 2.24) is 0 Å². The minimum Gasteiger partial charge on any atom is -0.378 e. The molecule has 0 aromatic heterocycles. The minimum atomic E-state index is -0.355.